The number of nitrogens with one attached hydrogen (secondary N) is 2. The van der Waals surface area contributed by atoms with Crippen molar-refractivity contribution in [2.45, 2.75) is 32.2 Å². The zero-order valence-electron chi connectivity index (χ0n) is 12.0. The number of hydrogen-bond acceptors (Lipinski definition) is 4. The van der Waals surface area contributed by atoms with Crippen LogP contribution in [0.15, 0.2) is 18.3 Å². The smallest absolute Gasteiger partial charge is 0.319 e. The molecule has 21 heavy (non-hydrogen) atoms. The van der Waals surface area contributed by atoms with E-state index < -0.39 is 17.4 Å². The number of carboxylic acid groups (broad SMARTS) is 1. The van der Waals surface area contributed by atoms with Gasteiger partial charge in [-0.05, 0) is 25.8 Å². The molecule has 0 spiro atoms. The van der Waals surface area contributed by atoms with Gasteiger partial charge in [-0.25, -0.2) is 9.78 Å². The van der Waals surface area contributed by atoms with Crippen LogP contribution in [0.4, 0.5) is 10.5 Å². The number of anilines is 1. The van der Waals surface area contributed by atoms with Crippen LogP contribution in [-0.4, -0.2) is 35.2 Å². The van der Waals surface area contributed by atoms with Crippen LogP contribution in [0.1, 0.15) is 26.2 Å². The Morgan fingerprint density at radius 2 is 2.24 bits per heavy atom. The second kappa shape index (κ2) is 5.99. The van der Waals surface area contributed by atoms with Crippen molar-refractivity contribution in [3.8, 4) is 5.88 Å². The molecule has 7 nitrogen and oxygen atoms in total. The Hall–Kier alpha value is -2.31. The maximum atomic E-state index is 12.0. The van der Waals surface area contributed by atoms with E-state index in [1.807, 2.05) is 0 Å². The lowest BCUT2D eigenvalue weighted by atomic mass is 9.85. The monoisotopic (exact) mass is 293 g/mol. The predicted molar refractivity (Wildman–Crippen MR) is 76.3 cm³/mol. The van der Waals surface area contributed by atoms with Gasteiger partial charge in [0.05, 0.1) is 24.4 Å². The van der Waals surface area contributed by atoms with E-state index in [0.717, 1.165) is 6.42 Å². The first-order valence-electron chi connectivity index (χ1n) is 6.76. The molecule has 0 bridgehead atoms. The summed E-state index contributed by atoms with van der Waals surface area (Å²) in [5.41, 5.74) is -0.390. The Kier molecular flexibility index (Phi) is 4.30. The van der Waals surface area contributed by atoms with Crippen molar-refractivity contribution in [3.05, 3.63) is 18.3 Å². The van der Waals surface area contributed by atoms with Gasteiger partial charge in [-0.15, -0.1) is 0 Å². The normalized spacial score (nSPS) is 24.4. The average Bonchev–Trinajstić information content (AvgIpc) is 2.82. The average molecular weight is 293 g/mol. The zero-order valence-corrected chi connectivity index (χ0v) is 12.0. The van der Waals surface area contributed by atoms with Gasteiger partial charge in [-0.2, -0.15) is 0 Å². The lowest BCUT2D eigenvalue weighted by molar-refractivity contribution is -0.148. The number of carboxylic acids is 1. The fraction of sp³-hybridized carbons (Fsp3) is 0.500. The molecule has 2 rings (SSSR count). The van der Waals surface area contributed by atoms with Gasteiger partial charge >= 0.3 is 12.0 Å². The zero-order chi connectivity index (χ0) is 15.5. The van der Waals surface area contributed by atoms with Crippen LogP contribution in [-0.2, 0) is 4.79 Å². The van der Waals surface area contributed by atoms with Crippen molar-refractivity contribution >= 4 is 17.7 Å². The summed E-state index contributed by atoms with van der Waals surface area (Å²) >= 11 is 0. The van der Waals surface area contributed by atoms with Crippen LogP contribution in [0.5, 0.6) is 5.88 Å². The molecular weight excluding hydrogens is 274 g/mol. The summed E-state index contributed by atoms with van der Waals surface area (Å²) in [6, 6.07) is 2.49. The second-order valence-corrected chi connectivity index (χ2v) is 5.36. The summed E-state index contributed by atoms with van der Waals surface area (Å²) < 4.78 is 4.93. The number of ether oxygens (including phenoxy) is 1. The van der Waals surface area contributed by atoms with Gasteiger partial charge in [0.1, 0.15) is 0 Å². The Bertz CT molecular complexity index is 532. The van der Waals surface area contributed by atoms with Crippen molar-refractivity contribution in [2.75, 3.05) is 12.4 Å². The molecule has 1 heterocycles. The maximum absolute atomic E-state index is 12.0. The SMILES string of the molecule is COc1ccc(NC(=O)NC2CCCC2(C)C(=O)O)cn1. The molecule has 1 aliphatic carbocycles. The number of amides is 2. The molecule has 0 radical (unpaired) electrons. The third kappa shape index (κ3) is 3.24. The Morgan fingerprint density at radius 3 is 2.81 bits per heavy atom. The molecule has 1 aromatic heterocycles. The number of hydrogen-bond donors (Lipinski definition) is 3. The third-order valence-corrected chi connectivity index (χ3v) is 3.96. The van der Waals surface area contributed by atoms with E-state index in [1.165, 1.54) is 13.3 Å². The highest BCUT2D eigenvalue weighted by atomic mass is 16.5. The molecular formula is C14H19N3O4. The first-order chi connectivity index (χ1) is 9.95. The van der Waals surface area contributed by atoms with Crippen molar-refractivity contribution in [1.29, 1.82) is 0 Å². The van der Waals surface area contributed by atoms with Crippen LogP contribution in [0.3, 0.4) is 0 Å². The van der Waals surface area contributed by atoms with Crippen LogP contribution >= 0.6 is 0 Å². The molecule has 7 heteroatoms. The van der Waals surface area contributed by atoms with Crippen molar-refractivity contribution < 1.29 is 19.4 Å². The van der Waals surface area contributed by atoms with Gasteiger partial charge in [-0.1, -0.05) is 6.42 Å². The number of aliphatic carboxylic acids is 1. The molecule has 2 amide bonds. The highest BCUT2D eigenvalue weighted by Gasteiger charge is 2.45. The lowest BCUT2D eigenvalue weighted by Crippen LogP contribution is -2.48. The molecule has 0 aromatic carbocycles. The molecule has 1 aliphatic rings. The largest absolute Gasteiger partial charge is 0.481 e. The van der Waals surface area contributed by atoms with Crippen molar-refractivity contribution in [2.24, 2.45) is 5.41 Å². The number of aromatic nitrogens is 1. The molecule has 3 N–H and O–H groups in total. The van der Waals surface area contributed by atoms with E-state index >= 15 is 0 Å². The van der Waals surface area contributed by atoms with Gasteiger partial charge < -0.3 is 20.5 Å². The maximum Gasteiger partial charge on any atom is 0.319 e. The molecule has 1 fully saturated rings. The molecule has 0 aliphatic heterocycles. The topological polar surface area (TPSA) is 101 Å². The number of urea groups is 1. The third-order valence-electron chi connectivity index (χ3n) is 3.96. The summed E-state index contributed by atoms with van der Waals surface area (Å²) in [6.45, 7) is 1.67. The Balaban J connectivity index is 1.96. The van der Waals surface area contributed by atoms with Gasteiger partial charge in [0.25, 0.3) is 0 Å². The van der Waals surface area contributed by atoms with E-state index in [-0.39, 0.29) is 6.04 Å². The van der Waals surface area contributed by atoms with E-state index in [1.54, 1.807) is 19.1 Å². The minimum atomic E-state index is -0.907. The number of methoxy groups -OCH3 is 1. The minimum Gasteiger partial charge on any atom is -0.481 e. The Labute approximate surface area is 122 Å². The lowest BCUT2D eigenvalue weighted by Gasteiger charge is -2.27. The second-order valence-electron chi connectivity index (χ2n) is 5.36. The standard InChI is InChI=1S/C14H19N3O4/c1-14(12(18)19)7-3-4-10(14)17-13(20)16-9-5-6-11(21-2)15-8-9/h5-6,8,10H,3-4,7H2,1-2H3,(H,18,19)(H2,16,17,20). The van der Waals surface area contributed by atoms with Gasteiger partial charge in [-0.3, -0.25) is 4.79 Å². The molecule has 2 atom stereocenters. The molecule has 1 aromatic rings. The van der Waals surface area contributed by atoms with Crippen LogP contribution in [0.25, 0.3) is 0 Å². The highest BCUT2D eigenvalue weighted by Crippen LogP contribution is 2.38. The molecule has 0 saturated heterocycles. The quantitative estimate of drug-likeness (QED) is 0.786. The van der Waals surface area contributed by atoms with E-state index in [4.69, 9.17) is 4.74 Å². The van der Waals surface area contributed by atoms with Gasteiger partial charge in [0.2, 0.25) is 5.88 Å². The van der Waals surface area contributed by atoms with Crippen LogP contribution in [0.2, 0.25) is 0 Å². The summed E-state index contributed by atoms with van der Waals surface area (Å²) in [5.74, 6) is -0.424. The fourth-order valence-corrected chi connectivity index (χ4v) is 2.55. The van der Waals surface area contributed by atoms with Gasteiger partial charge in [0.15, 0.2) is 0 Å². The van der Waals surface area contributed by atoms with E-state index in [9.17, 15) is 14.7 Å². The Morgan fingerprint density at radius 1 is 1.48 bits per heavy atom. The number of carbonyl (C=O) groups is 2. The molecule has 114 valence electrons. The summed E-state index contributed by atoms with van der Waals surface area (Å²) in [6.07, 6.45) is 3.50. The van der Waals surface area contributed by atoms with E-state index in [0.29, 0.717) is 24.4 Å². The first-order valence-corrected chi connectivity index (χ1v) is 6.76. The molecule has 1 saturated carbocycles. The first kappa shape index (κ1) is 15.1. The van der Waals surface area contributed by atoms with Gasteiger partial charge in [0, 0.05) is 12.1 Å². The summed E-state index contributed by atoms with van der Waals surface area (Å²) in [4.78, 5) is 27.3. The van der Waals surface area contributed by atoms with Crippen LogP contribution < -0.4 is 15.4 Å². The number of pyridine rings is 1. The predicted octanol–water partition coefficient (Wildman–Crippen LogP) is 1.86. The highest BCUT2D eigenvalue weighted by molar-refractivity contribution is 5.90. The fourth-order valence-electron chi connectivity index (χ4n) is 2.55. The van der Waals surface area contributed by atoms with Crippen molar-refractivity contribution in [1.82, 2.24) is 10.3 Å². The minimum absolute atomic E-state index is 0.374. The number of rotatable bonds is 4. The summed E-state index contributed by atoms with van der Waals surface area (Å²) in [7, 11) is 1.51. The van der Waals surface area contributed by atoms with Crippen LogP contribution in [0, 0.1) is 5.41 Å². The number of carbonyl (C=O) groups excluding carboxylic acids is 1. The summed E-state index contributed by atoms with van der Waals surface area (Å²) in [5, 5.41) is 14.7. The number of nitrogens with zero attached hydrogens (tertiary/aromatic N) is 1. The van der Waals surface area contributed by atoms with Crippen molar-refractivity contribution in [3.63, 3.8) is 0 Å². The van der Waals surface area contributed by atoms with E-state index in [2.05, 4.69) is 15.6 Å². The molecule has 2 unspecified atom stereocenters.